The van der Waals surface area contributed by atoms with E-state index in [0.717, 1.165) is 29.5 Å². The lowest BCUT2D eigenvalue weighted by atomic mass is 9.49. The molecule has 10 nitrogen and oxygen atoms in total. The van der Waals surface area contributed by atoms with Gasteiger partial charge in [0.1, 0.15) is 35.2 Å². The Kier molecular flexibility index (Phi) is 6.64. The van der Waals surface area contributed by atoms with Gasteiger partial charge in [-0.25, -0.2) is 28.2 Å². The van der Waals surface area contributed by atoms with E-state index in [0.29, 0.717) is 29.5 Å². The number of hydrogen-bond acceptors (Lipinski definition) is 8. The van der Waals surface area contributed by atoms with Gasteiger partial charge in [0.15, 0.2) is 11.5 Å². The molecule has 4 aromatic heterocycles. The molecule has 0 unspecified atom stereocenters. The molecule has 0 spiro atoms. The van der Waals surface area contributed by atoms with E-state index in [1.165, 1.54) is 0 Å². The van der Waals surface area contributed by atoms with Crippen molar-refractivity contribution in [1.29, 1.82) is 0 Å². The zero-order valence-electron chi connectivity index (χ0n) is 22.9. The van der Waals surface area contributed by atoms with Crippen molar-refractivity contribution < 1.29 is 18.3 Å². The molecule has 15 heteroatoms. The Labute approximate surface area is 232 Å². The minimum atomic E-state index is -2.50. The first kappa shape index (κ1) is 26.5. The van der Waals surface area contributed by atoms with Gasteiger partial charge in [-0.2, -0.15) is 0 Å². The van der Waals surface area contributed by atoms with Crippen molar-refractivity contribution in [3.05, 3.63) is 36.8 Å². The van der Waals surface area contributed by atoms with Gasteiger partial charge in [-0.1, -0.05) is 0 Å². The van der Waals surface area contributed by atoms with Gasteiger partial charge in [0.05, 0.1) is 24.6 Å². The molecule has 204 valence electrons. The van der Waals surface area contributed by atoms with E-state index in [2.05, 4.69) is 32.4 Å². The summed E-state index contributed by atoms with van der Waals surface area (Å²) < 4.78 is 33.4. The molecule has 4 aromatic rings. The summed E-state index contributed by atoms with van der Waals surface area (Å²) in [7, 11) is 6.09. The summed E-state index contributed by atoms with van der Waals surface area (Å²) in [5.41, 5.74) is 2.37. The molecule has 1 aliphatic carbocycles. The Morgan fingerprint density at radius 1 is 1.20 bits per heavy atom. The number of ether oxygens (including phenoxy) is 1. The molecule has 40 heavy (non-hydrogen) atoms. The van der Waals surface area contributed by atoms with Crippen molar-refractivity contribution in [3.8, 4) is 11.4 Å². The molecule has 5 heterocycles. The number of nitrogens with zero attached hydrogens (tertiary/aromatic N) is 6. The van der Waals surface area contributed by atoms with E-state index in [9.17, 15) is 13.6 Å². The first-order chi connectivity index (χ1) is 19.1. The highest BCUT2D eigenvalue weighted by atomic mass is 19.3. The molecule has 0 aromatic carbocycles. The minimum absolute atomic E-state index is 0.151. The maximum absolute atomic E-state index is 13.0. The second-order valence-electron chi connectivity index (χ2n) is 11.6. The summed E-state index contributed by atoms with van der Waals surface area (Å²) in [6.07, 6.45) is 3.12. The monoisotopic (exact) mass is 544 g/mol. The molecule has 1 aliphatic heterocycles. The van der Waals surface area contributed by atoms with Gasteiger partial charge in [0.25, 0.3) is 0 Å². The number of pyridine rings is 3. The van der Waals surface area contributed by atoms with Gasteiger partial charge in [-0.05, 0) is 36.8 Å². The number of carbonyl (C=O) groups is 1. The number of aromatic nitrogens is 5. The molecule has 1 amide bonds. The number of morpholine rings is 1. The molecule has 1 saturated carbocycles. The number of rotatable bonds is 7. The third-order valence-electron chi connectivity index (χ3n) is 7.18. The number of carbonyl (C=O) groups excluding carboxylic acids is 1. The predicted molar refractivity (Wildman–Crippen MR) is 157 cm³/mol. The van der Waals surface area contributed by atoms with Crippen LogP contribution in [0.2, 0.25) is 0 Å². The van der Waals surface area contributed by atoms with Crippen molar-refractivity contribution in [3.63, 3.8) is 0 Å². The lowest BCUT2D eigenvalue weighted by Crippen LogP contribution is -2.41. The molecule has 2 aliphatic rings. The van der Waals surface area contributed by atoms with Crippen LogP contribution in [0, 0.1) is 11.8 Å². The quantitative estimate of drug-likeness (QED) is 0.321. The van der Waals surface area contributed by atoms with E-state index >= 15 is 0 Å². The molecular weight excluding hydrogens is 515 g/mol. The lowest BCUT2D eigenvalue weighted by Gasteiger charge is -2.32. The lowest BCUT2D eigenvalue weighted by molar-refractivity contribution is -0.118. The van der Waals surface area contributed by atoms with Crippen LogP contribution < -0.4 is 15.5 Å². The van der Waals surface area contributed by atoms with E-state index in [1.807, 2.05) is 41.9 Å². The maximum atomic E-state index is 13.0. The Balaban J connectivity index is 1.38. The largest absolute Gasteiger partial charge is 0.387 e. The molecule has 2 fully saturated rings. The molecule has 2 N–H and O–H groups in total. The maximum Gasteiger partial charge on any atom is 0.242 e. The number of anilines is 3. The van der Waals surface area contributed by atoms with Crippen LogP contribution in [-0.4, -0.2) is 91.5 Å². The van der Waals surface area contributed by atoms with Crippen LogP contribution in [0.25, 0.3) is 27.8 Å². The fraction of sp³-hybridized carbons (Fsp3) is 0.400. The summed E-state index contributed by atoms with van der Waals surface area (Å²) in [5, 5.41) is 12.1. The molecular formula is C25H29B3F2N8O2. The summed E-state index contributed by atoms with van der Waals surface area (Å²) >= 11 is 0. The second-order valence-corrected chi connectivity index (χ2v) is 11.6. The van der Waals surface area contributed by atoms with Crippen molar-refractivity contribution >= 4 is 63.2 Å². The summed E-state index contributed by atoms with van der Waals surface area (Å²) in [6, 6.07) is 5.68. The number of alkyl halides is 2. The molecule has 0 radical (unpaired) electrons. The molecule has 6 rings (SSSR count). The average Bonchev–Trinajstić information content (AvgIpc) is 3.60. The molecule has 3 atom stereocenters. The third kappa shape index (κ3) is 5.34. The van der Waals surface area contributed by atoms with Gasteiger partial charge < -0.3 is 20.3 Å². The zero-order chi connectivity index (χ0) is 28.2. The smallest absolute Gasteiger partial charge is 0.242 e. The molecule has 0 bridgehead atoms. The van der Waals surface area contributed by atoms with Crippen LogP contribution in [0.1, 0.15) is 13.3 Å². The number of amides is 1. The van der Waals surface area contributed by atoms with Crippen LogP contribution >= 0.6 is 0 Å². The first-order valence-electron chi connectivity index (χ1n) is 13.4. The summed E-state index contributed by atoms with van der Waals surface area (Å²) in [4.78, 5) is 28.7. The summed E-state index contributed by atoms with van der Waals surface area (Å²) in [6.45, 7) is 4.33. The van der Waals surface area contributed by atoms with Gasteiger partial charge in [-0.3, -0.25) is 4.79 Å². The molecule has 1 saturated heterocycles. The van der Waals surface area contributed by atoms with Gasteiger partial charge >= 0.3 is 0 Å². The van der Waals surface area contributed by atoms with Crippen LogP contribution in [0.5, 0.6) is 0 Å². The van der Waals surface area contributed by atoms with Crippen LogP contribution in [0.3, 0.4) is 0 Å². The van der Waals surface area contributed by atoms with Crippen LogP contribution in [0.4, 0.5) is 26.1 Å². The number of nitrogens with one attached hydrogen (secondary N) is 2. The van der Waals surface area contributed by atoms with E-state index < -0.39 is 24.2 Å². The third-order valence-corrected chi connectivity index (χ3v) is 7.18. The van der Waals surface area contributed by atoms with Gasteiger partial charge in [0.2, 0.25) is 12.3 Å². The first-order valence-corrected chi connectivity index (χ1v) is 13.4. The van der Waals surface area contributed by atoms with Crippen molar-refractivity contribution in [2.24, 2.45) is 11.8 Å². The Morgan fingerprint density at radius 3 is 2.75 bits per heavy atom. The van der Waals surface area contributed by atoms with Gasteiger partial charge in [0, 0.05) is 53.7 Å². The Hall–Kier alpha value is -3.74. The number of fused-ring (bicyclic) bond motifs is 2. The zero-order valence-corrected chi connectivity index (χ0v) is 22.9. The van der Waals surface area contributed by atoms with E-state index in [1.54, 1.807) is 23.0 Å². The highest BCUT2D eigenvalue weighted by Crippen LogP contribution is 2.44. The average molecular weight is 544 g/mol. The Bertz CT molecular complexity index is 1600. The fourth-order valence-corrected chi connectivity index (χ4v) is 5.08. The summed E-state index contributed by atoms with van der Waals surface area (Å²) in [5.74, 6) is -0.665. The van der Waals surface area contributed by atoms with Crippen molar-refractivity contribution in [2.75, 3.05) is 35.2 Å². The Morgan fingerprint density at radius 2 is 2.02 bits per heavy atom. The number of hydrogen-bond donors (Lipinski definition) is 2. The fourth-order valence-electron chi connectivity index (χ4n) is 5.08. The van der Waals surface area contributed by atoms with Crippen molar-refractivity contribution in [2.45, 2.75) is 31.1 Å². The standard InChI is InChI=1S/C25H29B3F2N8O2/c1-12-10-37(4-5-40-12)13-2-3-20-34-23(36-38(20)11-13)18-9-32-22(35-25(26,27)28)17-8-31-19(7-14(17)18)33-24(39)16-6-15(16)21(29)30/h2-3,7-9,11-12,15-16,21H,4-6,10,26-28H2,1H3,(H,32,35)(H,31,33,39)/t12-,15+,16-/m0/s1. The minimum Gasteiger partial charge on any atom is -0.387 e. The van der Waals surface area contributed by atoms with E-state index in [4.69, 9.17) is 14.8 Å². The predicted octanol–water partition coefficient (Wildman–Crippen LogP) is 0.327. The second kappa shape index (κ2) is 10.0. The van der Waals surface area contributed by atoms with Crippen molar-refractivity contribution in [1.82, 2.24) is 24.6 Å². The topological polar surface area (TPSA) is 110 Å². The van der Waals surface area contributed by atoms with Crippen LogP contribution in [0.15, 0.2) is 36.8 Å². The van der Waals surface area contributed by atoms with Crippen LogP contribution in [-0.2, 0) is 9.53 Å². The highest BCUT2D eigenvalue weighted by Gasteiger charge is 2.49. The van der Waals surface area contributed by atoms with E-state index in [-0.39, 0.29) is 23.6 Å². The number of halogens is 2. The normalized spacial score (nSPS) is 21.2. The van der Waals surface area contributed by atoms with Gasteiger partial charge in [-0.15, -0.1) is 5.10 Å². The SMILES string of the molecule is BC(B)(B)Nc1ncc(-c2nc3ccc(N4CCO[C@@H](C)C4)cn3n2)c2cc(NC(=O)[C@H]3C[C@H]3C(F)F)ncc12. The highest BCUT2D eigenvalue weighted by molar-refractivity contribution is 6.60.